The molecule has 1 N–H and O–H groups in total. The van der Waals surface area contributed by atoms with Crippen LogP contribution < -0.4 is 5.43 Å². The highest BCUT2D eigenvalue weighted by atomic mass is 35.5. The number of nitrogens with one attached hydrogen (secondary N) is 1. The molecule has 0 aliphatic carbocycles. The third-order valence-corrected chi connectivity index (χ3v) is 4.65. The lowest BCUT2D eigenvalue weighted by atomic mass is 10.1. The number of nitro groups is 1. The molecule has 2 aromatic carbocycles. The minimum Gasteiger partial charge on any atom is -0.455 e. The van der Waals surface area contributed by atoms with Crippen LogP contribution in [0.1, 0.15) is 16.1 Å². The summed E-state index contributed by atoms with van der Waals surface area (Å²) in [5.41, 5.74) is 3.01. The van der Waals surface area contributed by atoms with Gasteiger partial charge in [0.25, 0.3) is 11.6 Å². The minimum atomic E-state index is -0.535. The molecule has 142 valence electrons. The maximum absolute atomic E-state index is 12.0. The minimum absolute atomic E-state index is 0.118. The van der Waals surface area contributed by atoms with Crippen molar-refractivity contribution in [1.82, 2.24) is 5.43 Å². The van der Waals surface area contributed by atoms with Crippen LogP contribution >= 0.6 is 34.8 Å². The standard InChI is InChI=1S/C18H10Cl3N3O4/c19-14-5-1-10(7-16(14)21)18(25)23-22-9-12-3-6-17(28-12)13-4-2-11(24(26)27)8-15(13)20/h1-9H,(H,23,25)/b22-9-. The van der Waals surface area contributed by atoms with Gasteiger partial charge in [-0.2, -0.15) is 5.10 Å². The first-order valence-corrected chi connectivity index (χ1v) is 8.81. The van der Waals surface area contributed by atoms with Crippen LogP contribution in [0, 0.1) is 10.1 Å². The van der Waals surface area contributed by atoms with Gasteiger partial charge >= 0.3 is 0 Å². The SMILES string of the molecule is O=C(N/N=C\c1ccc(-c2ccc([N+](=O)[O-])cc2Cl)o1)c1ccc(Cl)c(Cl)c1. The average molecular weight is 439 g/mol. The number of amides is 1. The van der Waals surface area contributed by atoms with Gasteiger partial charge in [0, 0.05) is 23.3 Å². The number of non-ortho nitro benzene ring substituents is 1. The molecule has 0 aliphatic heterocycles. The second kappa shape index (κ2) is 8.43. The number of hydrogen-bond acceptors (Lipinski definition) is 5. The van der Waals surface area contributed by atoms with E-state index in [0.717, 1.165) is 0 Å². The Kier molecular flexibility index (Phi) is 5.99. The number of halogens is 3. The van der Waals surface area contributed by atoms with Crippen LogP contribution in [0.25, 0.3) is 11.3 Å². The maximum atomic E-state index is 12.0. The van der Waals surface area contributed by atoms with Crippen LogP contribution in [0.15, 0.2) is 58.0 Å². The van der Waals surface area contributed by atoms with Crippen LogP contribution in [0.2, 0.25) is 15.1 Å². The van der Waals surface area contributed by atoms with E-state index in [2.05, 4.69) is 10.5 Å². The number of hydrogen-bond donors (Lipinski definition) is 1. The van der Waals surface area contributed by atoms with Crippen molar-refractivity contribution in [2.75, 3.05) is 0 Å². The molecule has 1 heterocycles. The summed E-state index contributed by atoms with van der Waals surface area (Å²) in [6, 6.07) is 11.8. The molecule has 3 aromatic rings. The first-order chi connectivity index (χ1) is 13.3. The van der Waals surface area contributed by atoms with E-state index in [1.54, 1.807) is 12.1 Å². The summed E-state index contributed by atoms with van der Waals surface area (Å²) in [5, 5.41) is 15.4. The van der Waals surface area contributed by atoms with Gasteiger partial charge in [-0.3, -0.25) is 14.9 Å². The van der Waals surface area contributed by atoms with Crippen LogP contribution in [0.3, 0.4) is 0 Å². The van der Waals surface area contributed by atoms with Crippen LogP contribution in [-0.4, -0.2) is 17.0 Å². The largest absolute Gasteiger partial charge is 0.455 e. The molecule has 1 aromatic heterocycles. The lowest BCUT2D eigenvalue weighted by molar-refractivity contribution is -0.384. The number of nitrogens with zero attached hydrogens (tertiary/aromatic N) is 2. The molecule has 10 heteroatoms. The fourth-order valence-electron chi connectivity index (χ4n) is 2.24. The normalized spacial score (nSPS) is 11.0. The molecule has 0 aliphatic rings. The fraction of sp³-hybridized carbons (Fsp3) is 0. The first-order valence-electron chi connectivity index (χ1n) is 7.68. The molecule has 28 heavy (non-hydrogen) atoms. The van der Waals surface area contributed by atoms with Crippen molar-refractivity contribution in [3.05, 3.63) is 85.0 Å². The number of carbonyl (C=O) groups excluding carboxylic acids is 1. The van der Waals surface area contributed by atoms with Crippen molar-refractivity contribution in [1.29, 1.82) is 0 Å². The number of furan rings is 1. The molecular weight excluding hydrogens is 429 g/mol. The predicted octanol–water partition coefficient (Wildman–Crippen LogP) is 5.58. The fourth-order valence-corrected chi connectivity index (χ4v) is 2.81. The van der Waals surface area contributed by atoms with E-state index in [0.29, 0.717) is 27.7 Å². The molecule has 0 bridgehead atoms. The van der Waals surface area contributed by atoms with E-state index >= 15 is 0 Å². The highest BCUT2D eigenvalue weighted by molar-refractivity contribution is 6.42. The van der Waals surface area contributed by atoms with Crippen molar-refractivity contribution < 1.29 is 14.1 Å². The summed E-state index contributed by atoms with van der Waals surface area (Å²) >= 11 is 17.8. The zero-order valence-electron chi connectivity index (χ0n) is 13.9. The van der Waals surface area contributed by atoms with Gasteiger partial charge in [-0.05, 0) is 36.4 Å². The van der Waals surface area contributed by atoms with Gasteiger partial charge in [0.2, 0.25) is 0 Å². The molecule has 0 atom stereocenters. The van der Waals surface area contributed by atoms with E-state index in [1.807, 2.05) is 0 Å². The van der Waals surface area contributed by atoms with E-state index in [9.17, 15) is 14.9 Å². The first kappa shape index (κ1) is 19.9. The van der Waals surface area contributed by atoms with Gasteiger partial charge in [0.05, 0.1) is 26.2 Å². The van der Waals surface area contributed by atoms with Gasteiger partial charge < -0.3 is 4.42 Å². The molecule has 0 saturated heterocycles. The maximum Gasteiger partial charge on any atom is 0.271 e. The quantitative estimate of drug-likeness (QED) is 0.319. The Bertz CT molecular complexity index is 1100. The van der Waals surface area contributed by atoms with Gasteiger partial charge in [-0.25, -0.2) is 5.43 Å². The van der Waals surface area contributed by atoms with Gasteiger partial charge in [0.1, 0.15) is 11.5 Å². The van der Waals surface area contributed by atoms with E-state index < -0.39 is 10.8 Å². The Labute approximate surface area is 173 Å². The van der Waals surface area contributed by atoms with Gasteiger partial charge in [-0.1, -0.05) is 34.8 Å². The van der Waals surface area contributed by atoms with Crippen molar-refractivity contribution in [2.24, 2.45) is 5.10 Å². The molecule has 0 spiro atoms. The summed E-state index contributed by atoms with van der Waals surface area (Å²) in [6.45, 7) is 0. The second-order valence-electron chi connectivity index (χ2n) is 5.45. The molecular formula is C18H10Cl3N3O4. The third kappa shape index (κ3) is 4.51. The Balaban J connectivity index is 1.70. The Hall–Kier alpha value is -2.87. The predicted molar refractivity (Wildman–Crippen MR) is 107 cm³/mol. The molecule has 1 amide bonds. The van der Waals surface area contributed by atoms with Crippen LogP contribution in [0.4, 0.5) is 5.69 Å². The van der Waals surface area contributed by atoms with Crippen LogP contribution in [-0.2, 0) is 0 Å². The Morgan fingerprint density at radius 3 is 2.50 bits per heavy atom. The molecule has 0 saturated carbocycles. The zero-order valence-corrected chi connectivity index (χ0v) is 16.1. The number of hydrazone groups is 1. The van der Waals surface area contributed by atoms with Crippen molar-refractivity contribution in [3.8, 4) is 11.3 Å². The molecule has 0 fully saturated rings. The summed E-state index contributed by atoms with van der Waals surface area (Å²) < 4.78 is 5.58. The van der Waals surface area contributed by atoms with Crippen LogP contribution in [0.5, 0.6) is 0 Å². The van der Waals surface area contributed by atoms with Crippen molar-refractivity contribution in [3.63, 3.8) is 0 Å². The smallest absolute Gasteiger partial charge is 0.271 e. The number of nitro benzene ring substituents is 1. The third-order valence-electron chi connectivity index (χ3n) is 3.60. The average Bonchev–Trinajstić information content (AvgIpc) is 3.12. The Morgan fingerprint density at radius 1 is 1.04 bits per heavy atom. The molecule has 0 radical (unpaired) electrons. The summed E-state index contributed by atoms with van der Waals surface area (Å²) in [7, 11) is 0. The lowest BCUT2D eigenvalue weighted by Crippen LogP contribution is -2.17. The summed E-state index contributed by atoms with van der Waals surface area (Å²) in [6.07, 6.45) is 1.30. The van der Waals surface area contributed by atoms with Gasteiger partial charge in [0.15, 0.2) is 0 Å². The Morgan fingerprint density at radius 2 is 1.82 bits per heavy atom. The highest BCUT2D eigenvalue weighted by Gasteiger charge is 2.13. The highest BCUT2D eigenvalue weighted by Crippen LogP contribution is 2.32. The zero-order chi connectivity index (χ0) is 20.3. The summed E-state index contributed by atoms with van der Waals surface area (Å²) in [4.78, 5) is 22.3. The topological polar surface area (TPSA) is 97.7 Å². The van der Waals surface area contributed by atoms with Crippen molar-refractivity contribution in [2.45, 2.75) is 0 Å². The van der Waals surface area contributed by atoms with Crippen molar-refractivity contribution >= 4 is 52.6 Å². The second-order valence-corrected chi connectivity index (χ2v) is 6.67. The molecule has 3 rings (SSSR count). The van der Waals surface area contributed by atoms with E-state index in [1.165, 1.54) is 42.6 Å². The number of benzene rings is 2. The van der Waals surface area contributed by atoms with E-state index in [4.69, 9.17) is 39.2 Å². The van der Waals surface area contributed by atoms with E-state index in [-0.39, 0.29) is 15.7 Å². The lowest BCUT2D eigenvalue weighted by Gasteiger charge is -2.01. The monoisotopic (exact) mass is 437 g/mol. The number of carbonyl (C=O) groups is 1. The molecule has 0 unspecified atom stereocenters. The summed E-state index contributed by atoms with van der Waals surface area (Å²) in [5.74, 6) is 0.274. The molecule has 7 nitrogen and oxygen atoms in total. The number of rotatable bonds is 5. The van der Waals surface area contributed by atoms with Gasteiger partial charge in [-0.15, -0.1) is 0 Å².